The molecule has 192 valence electrons. The summed E-state index contributed by atoms with van der Waals surface area (Å²) in [7, 11) is 2.00. The lowest BCUT2D eigenvalue weighted by atomic mass is 9.97. The molecule has 0 saturated heterocycles. The van der Waals surface area contributed by atoms with Crippen molar-refractivity contribution in [2.75, 3.05) is 0 Å². The van der Waals surface area contributed by atoms with Crippen LogP contribution in [0, 0.1) is 13.8 Å². The highest BCUT2D eigenvalue weighted by Gasteiger charge is 2.25. The first-order valence-electron chi connectivity index (χ1n) is 12.2. The summed E-state index contributed by atoms with van der Waals surface area (Å²) in [5, 5.41) is 20.9. The first kappa shape index (κ1) is 24.8. The second kappa shape index (κ2) is 9.89. The number of hydrogen-bond acceptors (Lipinski definition) is 6. The molecule has 0 bridgehead atoms. The van der Waals surface area contributed by atoms with Gasteiger partial charge in [-0.1, -0.05) is 30.3 Å². The van der Waals surface area contributed by atoms with Crippen molar-refractivity contribution in [2.24, 2.45) is 7.05 Å². The Morgan fingerprint density at radius 3 is 2.29 bits per heavy atom. The fourth-order valence-electron chi connectivity index (χ4n) is 4.76. The van der Waals surface area contributed by atoms with E-state index in [1.54, 1.807) is 24.3 Å². The molecule has 8 heteroatoms. The van der Waals surface area contributed by atoms with Gasteiger partial charge >= 0.3 is 11.9 Å². The molecule has 0 aliphatic rings. The molecule has 5 rings (SSSR count). The van der Waals surface area contributed by atoms with E-state index in [4.69, 9.17) is 9.57 Å². The van der Waals surface area contributed by atoms with Crippen molar-refractivity contribution in [3.8, 4) is 17.5 Å². The van der Waals surface area contributed by atoms with Crippen molar-refractivity contribution in [3.05, 3.63) is 95.1 Å². The number of hydrogen-bond donors (Lipinski definition) is 2. The van der Waals surface area contributed by atoms with Gasteiger partial charge in [0.15, 0.2) is 0 Å². The van der Waals surface area contributed by atoms with Crippen LogP contribution in [0.3, 0.4) is 0 Å². The maximum atomic E-state index is 13.6. The summed E-state index contributed by atoms with van der Waals surface area (Å²) < 4.78 is 8.58. The van der Waals surface area contributed by atoms with E-state index < -0.39 is 11.9 Å². The van der Waals surface area contributed by atoms with Gasteiger partial charge in [-0.05, 0) is 55.2 Å². The van der Waals surface area contributed by atoms with Crippen LogP contribution in [-0.2, 0) is 18.3 Å². The molecule has 3 aromatic carbocycles. The second-order valence-corrected chi connectivity index (χ2v) is 9.27. The van der Waals surface area contributed by atoms with Gasteiger partial charge in [-0.15, -0.1) is 4.73 Å². The zero-order valence-electron chi connectivity index (χ0n) is 21.3. The minimum Gasteiger partial charge on any atom is -0.492 e. The largest absolute Gasteiger partial charge is 0.492 e. The molecule has 5 aromatic rings. The number of ether oxygens (including phenoxy) is 1. The van der Waals surface area contributed by atoms with E-state index in [1.165, 1.54) is 12.1 Å². The molecular formula is C30H27N2O6+. The SMILES string of the molecule is Cc1cc(C)c2c(C(=O)Oc3ccc(CCC(=O)On4c(O)ccc4O)cc3)c3ccccc3[n+](C)c2c1. The first-order valence-corrected chi connectivity index (χ1v) is 12.2. The molecule has 2 aromatic heterocycles. The average molecular weight is 512 g/mol. The van der Waals surface area contributed by atoms with Gasteiger partial charge in [0.05, 0.1) is 22.8 Å². The summed E-state index contributed by atoms with van der Waals surface area (Å²) in [4.78, 5) is 30.6. The molecule has 0 fully saturated rings. The Morgan fingerprint density at radius 2 is 1.58 bits per heavy atom. The van der Waals surface area contributed by atoms with Gasteiger partial charge in [0.2, 0.25) is 22.8 Å². The van der Waals surface area contributed by atoms with Crippen molar-refractivity contribution >= 4 is 33.7 Å². The molecule has 0 amide bonds. The number of rotatable bonds is 6. The molecule has 2 heterocycles. The number of esters is 1. The van der Waals surface area contributed by atoms with E-state index in [-0.39, 0.29) is 18.2 Å². The van der Waals surface area contributed by atoms with Crippen molar-refractivity contribution < 1.29 is 33.9 Å². The Kier molecular flexibility index (Phi) is 6.46. The molecular weight excluding hydrogens is 484 g/mol. The minimum atomic E-state index is -0.621. The van der Waals surface area contributed by atoms with Gasteiger partial charge in [-0.2, -0.15) is 4.57 Å². The molecule has 8 nitrogen and oxygen atoms in total. The summed E-state index contributed by atoms with van der Waals surface area (Å²) in [6, 6.07) is 21.3. The van der Waals surface area contributed by atoms with Crippen LogP contribution in [-0.4, -0.2) is 26.9 Å². The fraction of sp³-hybridized carbons (Fsp3) is 0.167. The number of aryl methyl sites for hydroxylation is 4. The van der Waals surface area contributed by atoms with E-state index in [1.807, 2.05) is 45.2 Å². The van der Waals surface area contributed by atoms with Crippen molar-refractivity contribution in [3.63, 3.8) is 0 Å². The summed E-state index contributed by atoms with van der Waals surface area (Å²) in [5.74, 6) is -1.43. The second-order valence-electron chi connectivity index (χ2n) is 9.27. The van der Waals surface area contributed by atoms with Crippen LogP contribution in [0.5, 0.6) is 17.5 Å². The van der Waals surface area contributed by atoms with Crippen LogP contribution < -0.4 is 14.1 Å². The molecule has 0 unspecified atom stereocenters. The van der Waals surface area contributed by atoms with Crippen LogP contribution >= 0.6 is 0 Å². The number of carbonyl (C=O) groups excluding carboxylic acids is 2. The first-order chi connectivity index (χ1) is 18.2. The predicted octanol–water partition coefficient (Wildman–Crippen LogP) is 4.45. The molecule has 0 aliphatic carbocycles. The monoisotopic (exact) mass is 511 g/mol. The van der Waals surface area contributed by atoms with Gasteiger partial charge in [0, 0.05) is 24.3 Å². The summed E-state index contributed by atoms with van der Waals surface area (Å²) in [6.45, 7) is 4.04. The van der Waals surface area contributed by atoms with Gasteiger partial charge in [-0.25, -0.2) is 9.59 Å². The van der Waals surface area contributed by atoms with E-state index >= 15 is 0 Å². The number of pyridine rings is 1. The quantitative estimate of drug-likeness (QED) is 0.151. The zero-order valence-corrected chi connectivity index (χ0v) is 21.3. The van der Waals surface area contributed by atoms with Crippen LogP contribution in [0.2, 0.25) is 0 Å². The Hall–Kier alpha value is -4.85. The lowest BCUT2D eigenvalue weighted by Crippen LogP contribution is -2.32. The topological polar surface area (TPSA) is 102 Å². The smallest absolute Gasteiger partial charge is 0.345 e. The molecule has 38 heavy (non-hydrogen) atoms. The normalized spacial score (nSPS) is 11.1. The van der Waals surface area contributed by atoms with Crippen LogP contribution in [0.15, 0.2) is 72.8 Å². The summed E-state index contributed by atoms with van der Waals surface area (Å²) >= 11 is 0. The number of aromatic hydroxyl groups is 2. The predicted molar refractivity (Wildman–Crippen MR) is 141 cm³/mol. The number of fused-ring (bicyclic) bond motifs is 2. The van der Waals surface area contributed by atoms with Crippen LogP contribution in [0.25, 0.3) is 21.8 Å². The maximum Gasteiger partial charge on any atom is 0.345 e. The lowest BCUT2D eigenvalue weighted by Gasteiger charge is -2.13. The van der Waals surface area contributed by atoms with E-state index in [9.17, 15) is 19.8 Å². The van der Waals surface area contributed by atoms with Crippen molar-refractivity contribution in [1.29, 1.82) is 0 Å². The van der Waals surface area contributed by atoms with Crippen molar-refractivity contribution in [2.45, 2.75) is 26.7 Å². The molecule has 0 spiro atoms. The Morgan fingerprint density at radius 1 is 0.895 bits per heavy atom. The molecule has 2 N–H and O–H groups in total. The third-order valence-electron chi connectivity index (χ3n) is 6.55. The standard InChI is InChI=1S/C30H26N2O6/c1-18-16-19(2)28-24(17-18)31(3)23-7-5-4-6-22(23)29(28)30(36)37-21-11-8-20(9-12-21)10-15-27(35)38-32-25(33)13-14-26(32)34/h4-9,11-14,16-17,36H,10,15H2,1-3H3/p+1. The van der Waals surface area contributed by atoms with E-state index in [2.05, 4.69) is 16.7 Å². The molecule has 0 radical (unpaired) electrons. The van der Waals surface area contributed by atoms with Gasteiger partial charge in [0.25, 0.3) is 0 Å². The Labute approximate surface area is 218 Å². The van der Waals surface area contributed by atoms with E-state index in [0.717, 1.165) is 38.5 Å². The third-order valence-corrected chi connectivity index (χ3v) is 6.55. The zero-order chi connectivity index (χ0) is 27.0. The third kappa shape index (κ3) is 4.64. The Balaban J connectivity index is 1.36. The van der Waals surface area contributed by atoms with Crippen LogP contribution in [0.4, 0.5) is 0 Å². The highest BCUT2D eigenvalue weighted by atomic mass is 16.7. The van der Waals surface area contributed by atoms with Gasteiger partial charge < -0.3 is 19.8 Å². The molecule has 0 saturated carbocycles. The highest BCUT2D eigenvalue weighted by molar-refractivity contribution is 6.14. The molecule has 0 aliphatic heterocycles. The number of carbonyl (C=O) groups is 2. The lowest BCUT2D eigenvalue weighted by molar-refractivity contribution is -0.617. The Bertz CT molecular complexity index is 1680. The fourth-order valence-corrected chi connectivity index (χ4v) is 4.76. The average Bonchev–Trinajstić information content (AvgIpc) is 3.21. The van der Waals surface area contributed by atoms with Gasteiger partial charge in [-0.3, -0.25) is 0 Å². The van der Waals surface area contributed by atoms with Crippen LogP contribution in [0.1, 0.15) is 33.5 Å². The number of nitrogens with zero attached hydrogens (tertiary/aromatic N) is 2. The van der Waals surface area contributed by atoms with E-state index in [0.29, 0.717) is 22.5 Å². The number of para-hydroxylation sites is 1. The van der Waals surface area contributed by atoms with Gasteiger partial charge in [0.1, 0.15) is 12.8 Å². The summed E-state index contributed by atoms with van der Waals surface area (Å²) in [6.07, 6.45) is 0.382. The maximum absolute atomic E-state index is 13.6. The van der Waals surface area contributed by atoms with Crippen molar-refractivity contribution in [1.82, 2.24) is 4.73 Å². The minimum absolute atomic E-state index is 0.0217. The number of benzene rings is 3. The number of aromatic nitrogens is 2. The molecule has 0 atom stereocenters. The highest BCUT2D eigenvalue weighted by Crippen LogP contribution is 2.29. The summed E-state index contributed by atoms with van der Waals surface area (Å²) in [5.41, 5.74) is 5.35.